The van der Waals surface area contributed by atoms with E-state index in [9.17, 15) is 21.9 Å². The zero-order chi connectivity index (χ0) is 81.8. The maximum absolute atomic E-state index is 11.0. The Morgan fingerprint density at radius 1 is 0.517 bits per heavy atom. The van der Waals surface area contributed by atoms with Gasteiger partial charge in [-0.25, -0.2) is 4.98 Å². The molecule has 7 heteroatoms. The van der Waals surface area contributed by atoms with Gasteiger partial charge in [-0.15, -0.1) is 29.7 Å². The van der Waals surface area contributed by atoms with Crippen LogP contribution in [0.15, 0.2) is 267 Å². The smallest absolute Gasteiger partial charge is 0.268 e. The predicted octanol–water partition coefficient (Wildman–Crippen LogP) is 17.2. The van der Waals surface area contributed by atoms with Crippen molar-refractivity contribution >= 4 is 61.7 Å². The Hall–Kier alpha value is -9.45. The number of hydrogen-bond donors (Lipinski definition) is 0. The molecule has 0 atom stereocenters. The predicted molar refractivity (Wildman–Crippen MR) is 367 cm³/mol. The van der Waals surface area contributed by atoms with Gasteiger partial charge in [-0.05, 0) is 136 Å². The van der Waals surface area contributed by atoms with E-state index in [1.54, 1.807) is 66.9 Å². The number of ether oxygens (including phenoxy) is 1. The molecule has 3 heterocycles. The van der Waals surface area contributed by atoms with E-state index in [2.05, 4.69) is 39.2 Å². The average Bonchev–Trinajstić information content (AvgIpc) is 0.821. The summed E-state index contributed by atoms with van der Waals surface area (Å²) in [5, 5.41) is -2.26. The van der Waals surface area contributed by atoms with Crippen LogP contribution in [0.2, 0.25) is 0 Å². The molecule has 0 saturated heterocycles. The molecule has 5 nitrogen and oxygen atoms in total. The Bertz CT molecular complexity index is 6090. The summed E-state index contributed by atoms with van der Waals surface area (Å²) >= 11 is 0. The number of aryl methyl sites for hydroxylation is 2. The average molecular weight is 1370 g/mol. The van der Waals surface area contributed by atoms with Crippen LogP contribution >= 0.6 is 0 Å². The number of para-hydroxylation sites is 2. The summed E-state index contributed by atoms with van der Waals surface area (Å²) in [6, 6.07) is 27.3. The molecule has 0 fully saturated rings. The summed E-state index contributed by atoms with van der Waals surface area (Å²) in [6.07, 6.45) is 5.26. The Kier molecular flexibility index (Phi) is 9.57. The minimum absolute atomic E-state index is 0. The minimum atomic E-state index is -6.37. The normalized spacial score (nSPS) is 16.2. The Balaban J connectivity index is 0.0000113. The van der Waals surface area contributed by atoms with E-state index in [1.807, 2.05) is 79.9 Å². The molecule has 0 N–H and O–H groups in total. The van der Waals surface area contributed by atoms with Crippen molar-refractivity contribution in [2.24, 2.45) is 0 Å². The van der Waals surface area contributed by atoms with Gasteiger partial charge in [-0.2, -0.15) is 18.2 Å². The summed E-state index contributed by atoms with van der Waals surface area (Å²) in [6.45, 7) is 6.55. The number of pyridine rings is 1. The number of fused-ring (bicyclic) bond motifs is 4. The van der Waals surface area contributed by atoms with Crippen LogP contribution in [0.4, 0.5) is 0 Å². The van der Waals surface area contributed by atoms with E-state index < -0.39 is 168 Å². The van der Waals surface area contributed by atoms with Crippen molar-refractivity contribution < 1.29 is 64.6 Å². The second-order valence-electron chi connectivity index (χ2n) is 23.3. The summed E-state index contributed by atoms with van der Waals surface area (Å²) < 4.78 is 247. The first-order valence-corrected chi connectivity index (χ1v) is 30.4. The van der Waals surface area contributed by atoms with Gasteiger partial charge in [0.05, 0.1) is 42.8 Å². The molecule has 14 rings (SSSR count). The van der Waals surface area contributed by atoms with Gasteiger partial charge >= 0.3 is 0 Å². The number of rotatable bonds is 12. The van der Waals surface area contributed by atoms with Crippen molar-refractivity contribution in [1.82, 2.24) is 14.1 Å². The standard InChI is InChI=1S/C82H68N4OSi.Pt/c1-56-25-20-26-57(2)79(56)60-43-46-75-77(51-60)84(63-30-23-31-64(53-63)87-65-44-45-73-72-39-18-19-42-74(72)86(76(73)54-65)78-52-62(47-48-83-78)82(6,7)8)55-85(75)80-70(58-27-21-29-61(49-58)81(3,4)5)40-24-41-71(80)59-28-22-38-69(50-59)88(66-32-12-9-13-33-66,67-34-14-10-15-35-67)68-36-16-11-17-37-68;/h9-52H,1-8H3;/q-2;/i1D3,2D3,9D,10D,11D,12D,13D,14D,15D,16D,17D,22D,28D,32D,33D,34D,35D,36D,37D,38D,50D;. The van der Waals surface area contributed by atoms with Crippen LogP contribution in [-0.2, 0) is 31.9 Å². The molecule has 0 aliphatic carbocycles. The number of hydrogen-bond acceptors (Lipinski definition) is 2. The third-order valence-corrected chi connectivity index (χ3v) is 19.8. The van der Waals surface area contributed by atoms with Crippen molar-refractivity contribution in [3.8, 4) is 62.1 Å². The van der Waals surface area contributed by atoms with Crippen LogP contribution in [0, 0.1) is 32.2 Å². The molecule has 0 radical (unpaired) electrons. The first-order valence-electron chi connectivity index (χ1n) is 40.9. The van der Waals surface area contributed by atoms with Gasteiger partial charge in [0, 0.05) is 52.5 Å². The molecule has 0 bridgehead atoms. The molecule has 0 aliphatic rings. The number of benzene rings is 11. The van der Waals surface area contributed by atoms with E-state index in [-0.39, 0.29) is 88.2 Å². The molecule has 0 aliphatic heterocycles. The number of imidazole rings is 1. The van der Waals surface area contributed by atoms with E-state index in [0.29, 0.717) is 22.5 Å². The van der Waals surface area contributed by atoms with Gasteiger partial charge in [-0.1, -0.05) is 253 Å². The van der Waals surface area contributed by atoms with Crippen molar-refractivity contribution in [3.63, 3.8) is 0 Å². The first kappa shape index (κ1) is 36.1. The molecule has 14 aromatic rings. The number of nitrogens with zero attached hydrogens (tertiary/aromatic N) is 4. The molecule has 3 aromatic heterocycles. The van der Waals surface area contributed by atoms with Gasteiger partial charge < -0.3 is 13.9 Å². The largest absolute Gasteiger partial charge is 0.510 e. The molecule has 0 spiro atoms. The fourth-order valence-corrected chi connectivity index (χ4v) is 15.1. The quantitative estimate of drug-likeness (QED) is 0.0529. The van der Waals surface area contributed by atoms with E-state index in [4.69, 9.17) is 22.1 Å². The van der Waals surface area contributed by atoms with Crippen molar-refractivity contribution in [1.29, 1.82) is 0 Å². The molecule has 0 saturated carbocycles. The maximum atomic E-state index is 11.0. The van der Waals surface area contributed by atoms with Crippen LogP contribution < -0.4 is 30.1 Å². The van der Waals surface area contributed by atoms with Gasteiger partial charge in [0.15, 0.2) is 8.07 Å². The minimum Gasteiger partial charge on any atom is -0.510 e. The Morgan fingerprint density at radius 2 is 1.13 bits per heavy atom. The molecule has 438 valence electrons. The fraction of sp³-hybridized carbons (Fsp3) is 0.122. The number of aromatic nitrogens is 4. The molecule has 0 amide bonds. The van der Waals surface area contributed by atoms with Gasteiger partial charge in [0.25, 0.3) is 6.33 Å². The van der Waals surface area contributed by atoms with Crippen LogP contribution in [0.3, 0.4) is 0 Å². The van der Waals surface area contributed by atoms with Crippen molar-refractivity contribution in [2.45, 2.75) is 66.1 Å². The van der Waals surface area contributed by atoms with Gasteiger partial charge in [0.2, 0.25) is 0 Å². The summed E-state index contributed by atoms with van der Waals surface area (Å²) in [7, 11) is -6.37. The van der Waals surface area contributed by atoms with Gasteiger partial charge in [-0.3, -0.25) is 4.57 Å². The van der Waals surface area contributed by atoms with E-state index in [1.165, 1.54) is 39.5 Å². The van der Waals surface area contributed by atoms with Crippen LogP contribution in [0.5, 0.6) is 11.5 Å². The fourth-order valence-electron chi connectivity index (χ4n) is 11.5. The Morgan fingerprint density at radius 3 is 1.82 bits per heavy atom. The molecular weight excluding hydrogens is 1280 g/mol. The van der Waals surface area contributed by atoms with Gasteiger partial charge in [0.1, 0.15) is 5.82 Å². The molecule has 11 aromatic carbocycles. The third-order valence-electron chi connectivity index (χ3n) is 15.8. The third kappa shape index (κ3) is 10.7. The molecular formula is C82H68N4OPtSi-2. The van der Waals surface area contributed by atoms with E-state index in [0.717, 1.165) is 27.4 Å². The molecule has 89 heavy (non-hydrogen) atoms. The zero-order valence-electron chi connectivity index (χ0n) is 73.9. The Labute approximate surface area is 573 Å². The van der Waals surface area contributed by atoms with Crippen LogP contribution in [-0.4, -0.2) is 22.2 Å². The SMILES string of the molecule is [2H]c1c([2H])c([2H])c([Si](c2c([2H])c([2H])c([2H])c([2H])c2[2H])(c2c([2H])c([2H])c([2H])c([2H])c2[2H])c2c([2H])c([2H])c([2H])c(-c3cccc(-c4cccc(C(C)(C)C)c4)c3-[n+]3[c-]n(-c4[c-]c(Oc5[c-]c6c(cc5)c5ccccc5n6-c5cc(C(C)(C)C)ccn5)ccc4)c4cc(-c5c(C([2H])([2H])[2H])cccc5C([2H])([2H])[2H])ccc43)c2[2H])c([2H])c1[2H].[Pt]. The molecule has 0 unspecified atom stereocenters. The first-order chi connectivity index (χ1) is 53.0. The second kappa shape index (κ2) is 23.6. The van der Waals surface area contributed by atoms with Crippen LogP contribution in [0.1, 0.15) is 98.1 Å². The summed E-state index contributed by atoms with van der Waals surface area (Å²) in [4.78, 5) is 4.84. The zero-order valence-corrected chi connectivity index (χ0v) is 52.2. The summed E-state index contributed by atoms with van der Waals surface area (Å²) in [5.74, 6) is 1.04. The summed E-state index contributed by atoms with van der Waals surface area (Å²) in [5.41, 5.74) is 2.58. The van der Waals surface area contributed by atoms with E-state index >= 15 is 0 Å². The monoisotopic (exact) mass is 1370 g/mol. The van der Waals surface area contributed by atoms with Crippen molar-refractivity contribution in [2.75, 3.05) is 0 Å². The second-order valence-corrected chi connectivity index (χ2v) is 26.8. The van der Waals surface area contributed by atoms with Crippen molar-refractivity contribution in [3.05, 3.63) is 307 Å². The maximum Gasteiger partial charge on any atom is 0.268 e. The van der Waals surface area contributed by atoms with Crippen LogP contribution in [0.25, 0.3) is 83.4 Å². The topological polar surface area (TPSA) is 35.9 Å².